The van der Waals surface area contributed by atoms with E-state index in [1.165, 1.54) is 24.3 Å². The number of carbonyl (C=O) groups excluding carboxylic acids is 1. The standard InChI is InChI=1S/C16H10BrN3O5/c17-12-3-1-2-11(8-12)15-18-14(25-19-15)9-24-16(21)10-4-6-13(7-5-10)20(22)23/h1-8H,9H2. The molecule has 8 nitrogen and oxygen atoms in total. The number of ether oxygens (including phenoxy) is 1. The summed E-state index contributed by atoms with van der Waals surface area (Å²) >= 11 is 3.36. The number of carbonyl (C=O) groups is 1. The number of benzene rings is 2. The molecule has 0 aliphatic rings. The van der Waals surface area contributed by atoms with Crippen LogP contribution < -0.4 is 0 Å². The molecule has 0 saturated heterocycles. The average Bonchev–Trinajstić information content (AvgIpc) is 3.09. The number of hydrogen-bond donors (Lipinski definition) is 0. The van der Waals surface area contributed by atoms with Crippen molar-refractivity contribution >= 4 is 27.6 Å². The maximum absolute atomic E-state index is 11.9. The van der Waals surface area contributed by atoms with Gasteiger partial charge in [0.1, 0.15) is 0 Å². The summed E-state index contributed by atoms with van der Waals surface area (Å²) in [5, 5.41) is 14.4. The molecule has 126 valence electrons. The molecule has 0 radical (unpaired) electrons. The summed E-state index contributed by atoms with van der Waals surface area (Å²) in [7, 11) is 0. The minimum atomic E-state index is -0.642. The van der Waals surface area contributed by atoms with Crippen LogP contribution in [0.5, 0.6) is 0 Å². The normalized spacial score (nSPS) is 10.4. The lowest BCUT2D eigenvalue weighted by atomic mass is 10.2. The Morgan fingerprint density at radius 3 is 2.68 bits per heavy atom. The second kappa shape index (κ2) is 7.22. The van der Waals surface area contributed by atoms with Gasteiger partial charge in [0, 0.05) is 22.2 Å². The molecule has 3 rings (SSSR count). The summed E-state index contributed by atoms with van der Waals surface area (Å²) in [6.45, 7) is -0.198. The first-order valence-corrected chi connectivity index (χ1v) is 7.82. The predicted octanol–water partition coefficient (Wildman–Crippen LogP) is 3.76. The number of hydrogen-bond acceptors (Lipinski definition) is 7. The van der Waals surface area contributed by atoms with Crippen LogP contribution in [0.2, 0.25) is 0 Å². The summed E-state index contributed by atoms with van der Waals surface area (Å²) in [5.74, 6) is -0.120. The molecular weight excluding hydrogens is 394 g/mol. The van der Waals surface area contributed by atoms with E-state index in [9.17, 15) is 14.9 Å². The molecule has 0 bridgehead atoms. The predicted molar refractivity (Wildman–Crippen MR) is 89.6 cm³/mol. The van der Waals surface area contributed by atoms with Crippen LogP contribution in [0.25, 0.3) is 11.4 Å². The van der Waals surface area contributed by atoms with Crippen molar-refractivity contribution in [2.75, 3.05) is 0 Å². The number of non-ortho nitro benzene ring substituents is 1. The zero-order valence-electron chi connectivity index (χ0n) is 12.6. The van der Waals surface area contributed by atoms with Crippen LogP contribution in [0.15, 0.2) is 57.5 Å². The number of nitrogens with zero attached hydrogens (tertiary/aromatic N) is 3. The molecule has 2 aromatic carbocycles. The minimum absolute atomic E-state index is 0.105. The van der Waals surface area contributed by atoms with Crippen molar-refractivity contribution in [3.05, 3.63) is 74.6 Å². The van der Waals surface area contributed by atoms with E-state index < -0.39 is 10.9 Å². The molecule has 1 heterocycles. The van der Waals surface area contributed by atoms with E-state index >= 15 is 0 Å². The van der Waals surface area contributed by atoms with Crippen LogP contribution in [0.1, 0.15) is 16.2 Å². The van der Waals surface area contributed by atoms with Crippen LogP contribution in [-0.2, 0) is 11.3 Å². The van der Waals surface area contributed by atoms with Crippen molar-refractivity contribution in [3.8, 4) is 11.4 Å². The van der Waals surface area contributed by atoms with Gasteiger partial charge in [-0.2, -0.15) is 4.98 Å². The molecule has 0 aliphatic heterocycles. The lowest BCUT2D eigenvalue weighted by Gasteiger charge is -2.01. The molecular formula is C16H10BrN3O5. The van der Waals surface area contributed by atoms with E-state index in [2.05, 4.69) is 26.1 Å². The summed E-state index contributed by atoms with van der Waals surface area (Å²) in [6.07, 6.45) is 0. The SMILES string of the molecule is O=C(OCc1nc(-c2cccc(Br)c2)no1)c1ccc([N+](=O)[O-])cc1. The molecule has 0 saturated carbocycles. The number of aromatic nitrogens is 2. The Morgan fingerprint density at radius 2 is 2.00 bits per heavy atom. The van der Waals surface area contributed by atoms with Gasteiger partial charge in [0.05, 0.1) is 10.5 Å². The molecule has 0 aliphatic carbocycles. The van der Waals surface area contributed by atoms with E-state index in [4.69, 9.17) is 9.26 Å². The Balaban J connectivity index is 1.64. The Kier molecular flexibility index (Phi) is 4.85. The Bertz CT molecular complexity index is 924. The molecule has 0 atom stereocenters. The van der Waals surface area contributed by atoms with Crippen molar-refractivity contribution in [3.63, 3.8) is 0 Å². The highest BCUT2D eigenvalue weighted by Crippen LogP contribution is 2.20. The van der Waals surface area contributed by atoms with E-state index in [1.54, 1.807) is 0 Å². The van der Waals surface area contributed by atoms with Crippen molar-refractivity contribution < 1.29 is 19.0 Å². The third-order valence-electron chi connectivity index (χ3n) is 3.19. The summed E-state index contributed by atoms with van der Waals surface area (Å²) in [6, 6.07) is 12.5. The van der Waals surface area contributed by atoms with Crippen LogP contribution in [0.4, 0.5) is 5.69 Å². The van der Waals surface area contributed by atoms with Gasteiger partial charge in [0.25, 0.3) is 11.6 Å². The fourth-order valence-corrected chi connectivity index (χ4v) is 2.39. The lowest BCUT2D eigenvalue weighted by Crippen LogP contribution is -2.05. The quantitative estimate of drug-likeness (QED) is 0.362. The zero-order valence-corrected chi connectivity index (χ0v) is 14.2. The molecule has 0 amide bonds. The van der Waals surface area contributed by atoms with Crippen LogP contribution in [-0.4, -0.2) is 21.0 Å². The topological polar surface area (TPSA) is 108 Å². The maximum Gasteiger partial charge on any atom is 0.338 e. The lowest BCUT2D eigenvalue weighted by molar-refractivity contribution is -0.384. The average molecular weight is 404 g/mol. The minimum Gasteiger partial charge on any atom is -0.452 e. The number of nitro groups is 1. The molecule has 0 N–H and O–H groups in total. The van der Waals surface area contributed by atoms with Crippen molar-refractivity contribution in [2.45, 2.75) is 6.61 Å². The maximum atomic E-state index is 11.9. The fourth-order valence-electron chi connectivity index (χ4n) is 1.99. The third kappa shape index (κ3) is 4.07. The fraction of sp³-hybridized carbons (Fsp3) is 0.0625. The van der Waals surface area contributed by atoms with Crippen molar-refractivity contribution in [1.82, 2.24) is 10.1 Å². The van der Waals surface area contributed by atoms with E-state index in [0.717, 1.165) is 10.0 Å². The monoisotopic (exact) mass is 403 g/mol. The number of rotatable bonds is 5. The number of esters is 1. The van der Waals surface area contributed by atoms with Gasteiger partial charge in [-0.1, -0.05) is 33.2 Å². The Hall–Kier alpha value is -3.07. The van der Waals surface area contributed by atoms with Crippen molar-refractivity contribution in [1.29, 1.82) is 0 Å². The van der Waals surface area contributed by atoms with Crippen molar-refractivity contribution in [2.24, 2.45) is 0 Å². The van der Waals surface area contributed by atoms with E-state index in [0.29, 0.717) is 5.82 Å². The highest BCUT2D eigenvalue weighted by Gasteiger charge is 2.14. The molecule has 0 fully saturated rings. The largest absolute Gasteiger partial charge is 0.452 e. The van der Waals surface area contributed by atoms with Gasteiger partial charge in [-0.05, 0) is 24.3 Å². The van der Waals surface area contributed by atoms with Crippen LogP contribution in [0.3, 0.4) is 0 Å². The summed E-state index contributed by atoms with van der Waals surface area (Å²) < 4.78 is 11.0. The second-order valence-electron chi connectivity index (χ2n) is 4.90. The molecule has 1 aromatic heterocycles. The molecule has 9 heteroatoms. The first-order chi connectivity index (χ1) is 12.0. The van der Waals surface area contributed by atoms with Gasteiger partial charge >= 0.3 is 5.97 Å². The second-order valence-corrected chi connectivity index (χ2v) is 5.82. The van der Waals surface area contributed by atoms with Gasteiger partial charge in [-0.15, -0.1) is 0 Å². The zero-order chi connectivity index (χ0) is 17.8. The van der Waals surface area contributed by atoms with Gasteiger partial charge < -0.3 is 9.26 Å². The molecule has 0 spiro atoms. The molecule has 25 heavy (non-hydrogen) atoms. The summed E-state index contributed by atoms with van der Waals surface area (Å²) in [4.78, 5) is 26.1. The van der Waals surface area contributed by atoms with Gasteiger partial charge in [-0.25, -0.2) is 4.79 Å². The van der Waals surface area contributed by atoms with Gasteiger partial charge in [0.15, 0.2) is 6.61 Å². The van der Waals surface area contributed by atoms with E-state index in [-0.39, 0.29) is 23.7 Å². The third-order valence-corrected chi connectivity index (χ3v) is 3.68. The highest BCUT2D eigenvalue weighted by atomic mass is 79.9. The van der Waals surface area contributed by atoms with Crippen LogP contribution in [0, 0.1) is 10.1 Å². The molecule has 3 aromatic rings. The Labute approximate surface area is 149 Å². The number of halogens is 1. The number of nitro benzene ring substituents is 1. The van der Waals surface area contributed by atoms with Crippen LogP contribution >= 0.6 is 15.9 Å². The van der Waals surface area contributed by atoms with E-state index in [1.807, 2.05) is 24.3 Å². The Morgan fingerprint density at radius 1 is 1.24 bits per heavy atom. The first-order valence-electron chi connectivity index (χ1n) is 7.03. The highest BCUT2D eigenvalue weighted by molar-refractivity contribution is 9.10. The van der Waals surface area contributed by atoms with Gasteiger partial charge in [-0.3, -0.25) is 10.1 Å². The molecule has 0 unspecified atom stereocenters. The summed E-state index contributed by atoms with van der Waals surface area (Å²) in [5.41, 5.74) is 0.843. The van der Waals surface area contributed by atoms with Gasteiger partial charge in [0.2, 0.25) is 5.82 Å². The smallest absolute Gasteiger partial charge is 0.338 e. The first kappa shape index (κ1) is 16.8.